The van der Waals surface area contributed by atoms with Crippen molar-refractivity contribution in [2.45, 2.75) is 51.0 Å². The Labute approximate surface area is 127 Å². The Bertz CT molecular complexity index is 625. The summed E-state index contributed by atoms with van der Waals surface area (Å²) in [6.45, 7) is 2.14. The van der Waals surface area contributed by atoms with Gasteiger partial charge in [-0.2, -0.15) is 0 Å². The van der Waals surface area contributed by atoms with E-state index in [0.29, 0.717) is 0 Å². The summed E-state index contributed by atoms with van der Waals surface area (Å²) in [5.41, 5.74) is 10.6. The zero-order valence-corrected chi connectivity index (χ0v) is 13.1. The summed E-state index contributed by atoms with van der Waals surface area (Å²) in [6, 6.07) is 6.85. The molecule has 21 heavy (non-hydrogen) atoms. The standard InChI is InChI=1S/C18H25N3/c1-18(19,10-9-17-20-11-12-21(17)2)16-8-7-14-5-3-4-6-15(14)13-16/h7-8,11-13H,3-6,9-10,19H2,1-2H3. The van der Waals surface area contributed by atoms with Gasteiger partial charge >= 0.3 is 0 Å². The fraction of sp³-hybridized carbons (Fsp3) is 0.500. The minimum absolute atomic E-state index is 0.293. The van der Waals surface area contributed by atoms with E-state index in [2.05, 4.69) is 34.7 Å². The predicted octanol–water partition coefficient (Wildman–Crippen LogP) is 3.11. The number of nitrogens with zero attached hydrogens (tertiary/aromatic N) is 2. The number of nitrogens with two attached hydrogens (primary N) is 1. The average molecular weight is 283 g/mol. The quantitative estimate of drug-likeness (QED) is 0.937. The van der Waals surface area contributed by atoms with Crippen molar-refractivity contribution < 1.29 is 0 Å². The third-order valence-corrected chi connectivity index (χ3v) is 4.80. The molecule has 0 saturated heterocycles. The SMILES string of the molecule is Cn1ccnc1CCC(C)(N)c1ccc2c(c1)CCCC2. The van der Waals surface area contributed by atoms with Crippen LogP contribution in [0.25, 0.3) is 0 Å². The first kappa shape index (κ1) is 14.3. The monoisotopic (exact) mass is 283 g/mol. The molecule has 1 aliphatic rings. The molecule has 1 unspecified atom stereocenters. The number of benzene rings is 1. The van der Waals surface area contributed by atoms with Crippen LogP contribution in [0, 0.1) is 0 Å². The van der Waals surface area contributed by atoms with Crippen LogP contribution in [0.4, 0.5) is 0 Å². The predicted molar refractivity (Wildman–Crippen MR) is 86.2 cm³/mol. The van der Waals surface area contributed by atoms with E-state index in [1.54, 1.807) is 0 Å². The van der Waals surface area contributed by atoms with Crippen molar-refractivity contribution in [1.82, 2.24) is 9.55 Å². The van der Waals surface area contributed by atoms with Crippen LogP contribution >= 0.6 is 0 Å². The Kier molecular flexibility index (Phi) is 3.85. The van der Waals surface area contributed by atoms with Crippen molar-refractivity contribution >= 4 is 0 Å². The van der Waals surface area contributed by atoms with E-state index in [9.17, 15) is 0 Å². The van der Waals surface area contributed by atoms with Gasteiger partial charge < -0.3 is 10.3 Å². The molecule has 3 rings (SSSR count). The molecule has 2 aromatic rings. The van der Waals surface area contributed by atoms with Crippen molar-refractivity contribution in [2.75, 3.05) is 0 Å². The van der Waals surface area contributed by atoms with Gasteiger partial charge in [-0.25, -0.2) is 4.98 Å². The maximum Gasteiger partial charge on any atom is 0.108 e. The van der Waals surface area contributed by atoms with Gasteiger partial charge in [-0.15, -0.1) is 0 Å². The second kappa shape index (κ2) is 5.64. The summed E-state index contributed by atoms with van der Waals surface area (Å²) in [5, 5.41) is 0. The molecule has 0 aliphatic heterocycles. The maximum atomic E-state index is 6.60. The lowest BCUT2D eigenvalue weighted by Crippen LogP contribution is -2.34. The van der Waals surface area contributed by atoms with Gasteiger partial charge in [-0.05, 0) is 55.7 Å². The zero-order chi connectivity index (χ0) is 14.9. The van der Waals surface area contributed by atoms with Crippen LogP contribution in [0.2, 0.25) is 0 Å². The lowest BCUT2D eigenvalue weighted by molar-refractivity contribution is 0.443. The number of imidazole rings is 1. The van der Waals surface area contributed by atoms with Gasteiger partial charge in [-0.3, -0.25) is 0 Å². The van der Waals surface area contributed by atoms with Gasteiger partial charge in [0.15, 0.2) is 0 Å². The molecule has 0 saturated carbocycles. The summed E-state index contributed by atoms with van der Waals surface area (Å²) in [6.07, 6.45) is 10.7. The van der Waals surface area contributed by atoms with Crippen molar-refractivity contribution in [3.05, 3.63) is 53.1 Å². The summed E-state index contributed by atoms with van der Waals surface area (Å²) < 4.78 is 2.07. The van der Waals surface area contributed by atoms with E-state index in [1.807, 2.05) is 19.4 Å². The summed E-state index contributed by atoms with van der Waals surface area (Å²) in [5.74, 6) is 1.10. The molecule has 1 aliphatic carbocycles. The molecule has 3 heteroatoms. The highest BCUT2D eigenvalue weighted by molar-refractivity contribution is 5.36. The number of hydrogen-bond acceptors (Lipinski definition) is 2. The molecule has 112 valence electrons. The van der Waals surface area contributed by atoms with Crippen molar-refractivity contribution in [3.63, 3.8) is 0 Å². The average Bonchev–Trinajstić information content (AvgIpc) is 2.90. The molecule has 1 aromatic carbocycles. The highest BCUT2D eigenvalue weighted by Gasteiger charge is 2.23. The van der Waals surface area contributed by atoms with E-state index in [0.717, 1.165) is 18.7 Å². The van der Waals surface area contributed by atoms with Crippen LogP contribution in [0.15, 0.2) is 30.6 Å². The molecule has 1 aromatic heterocycles. The van der Waals surface area contributed by atoms with Crippen molar-refractivity contribution in [1.29, 1.82) is 0 Å². The van der Waals surface area contributed by atoms with Gasteiger partial charge in [0.25, 0.3) is 0 Å². The van der Waals surface area contributed by atoms with Gasteiger partial charge in [0.05, 0.1) is 0 Å². The molecule has 0 bridgehead atoms. The Morgan fingerprint density at radius 3 is 2.71 bits per heavy atom. The zero-order valence-electron chi connectivity index (χ0n) is 13.1. The third-order valence-electron chi connectivity index (χ3n) is 4.80. The van der Waals surface area contributed by atoms with E-state index < -0.39 is 0 Å². The van der Waals surface area contributed by atoms with Gasteiger partial charge in [0, 0.05) is 31.4 Å². The van der Waals surface area contributed by atoms with Crippen LogP contribution in [0.1, 0.15) is 48.7 Å². The first-order valence-corrected chi connectivity index (χ1v) is 7.94. The highest BCUT2D eigenvalue weighted by atomic mass is 15.0. The molecule has 3 nitrogen and oxygen atoms in total. The topological polar surface area (TPSA) is 43.8 Å². The number of aromatic nitrogens is 2. The largest absolute Gasteiger partial charge is 0.338 e. The van der Waals surface area contributed by atoms with Crippen LogP contribution in [-0.2, 0) is 31.8 Å². The Morgan fingerprint density at radius 1 is 1.24 bits per heavy atom. The summed E-state index contributed by atoms with van der Waals surface area (Å²) >= 11 is 0. The molecule has 0 radical (unpaired) electrons. The summed E-state index contributed by atoms with van der Waals surface area (Å²) in [7, 11) is 2.04. The van der Waals surface area contributed by atoms with Crippen LogP contribution in [0.3, 0.4) is 0 Å². The van der Waals surface area contributed by atoms with E-state index in [1.165, 1.54) is 42.4 Å². The van der Waals surface area contributed by atoms with Gasteiger partial charge in [0.2, 0.25) is 0 Å². The molecule has 2 N–H and O–H groups in total. The molecule has 0 spiro atoms. The summed E-state index contributed by atoms with van der Waals surface area (Å²) in [4.78, 5) is 4.39. The number of rotatable bonds is 4. The maximum absolute atomic E-state index is 6.60. The van der Waals surface area contributed by atoms with Crippen molar-refractivity contribution in [2.24, 2.45) is 12.8 Å². The van der Waals surface area contributed by atoms with E-state index >= 15 is 0 Å². The van der Waals surface area contributed by atoms with Crippen LogP contribution in [0.5, 0.6) is 0 Å². The van der Waals surface area contributed by atoms with E-state index in [4.69, 9.17) is 5.73 Å². The fourth-order valence-electron chi connectivity index (χ4n) is 3.24. The highest BCUT2D eigenvalue weighted by Crippen LogP contribution is 2.28. The number of aryl methyl sites for hydroxylation is 4. The number of fused-ring (bicyclic) bond motifs is 1. The first-order chi connectivity index (χ1) is 10.1. The normalized spacial score (nSPS) is 17.3. The van der Waals surface area contributed by atoms with Gasteiger partial charge in [-0.1, -0.05) is 18.2 Å². The molecule has 0 fully saturated rings. The first-order valence-electron chi connectivity index (χ1n) is 7.94. The molecule has 1 atom stereocenters. The Hall–Kier alpha value is -1.61. The van der Waals surface area contributed by atoms with Crippen LogP contribution in [-0.4, -0.2) is 9.55 Å². The smallest absolute Gasteiger partial charge is 0.108 e. The fourth-order valence-corrected chi connectivity index (χ4v) is 3.24. The minimum Gasteiger partial charge on any atom is -0.338 e. The van der Waals surface area contributed by atoms with Crippen molar-refractivity contribution in [3.8, 4) is 0 Å². The lowest BCUT2D eigenvalue weighted by atomic mass is 9.83. The lowest BCUT2D eigenvalue weighted by Gasteiger charge is -2.27. The van der Waals surface area contributed by atoms with E-state index in [-0.39, 0.29) is 5.54 Å². The van der Waals surface area contributed by atoms with Crippen LogP contribution < -0.4 is 5.73 Å². The molecule has 0 amide bonds. The molecular weight excluding hydrogens is 258 g/mol. The number of hydrogen-bond donors (Lipinski definition) is 1. The minimum atomic E-state index is -0.293. The second-order valence-electron chi connectivity index (χ2n) is 6.56. The molecular formula is C18H25N3. The Morgan fingerprint density at radius 2 is 2.00 bits per heavy atom. The molecule has 1 heterocycles. The third kappa shape index (κ3) is 3.03. The van der Waals surface area contributed by atoms with Gasteiger partial charge in [0.1, 0.15) is 5.82 Å². The second-order valence-corrected chi connectivity index (χ2v) is 6.56. The Balaban J connectivity index is 1.76.